The largest absolute Gasteiger partial charge is 0.497 e. The molecular formula is C37H42FN5O5. The van der Waals surface area contributed by atoms with Crippen LogP contribution in [0.2, 0.25) is 0 Å². The summed E-state index contributed by atoms with van der Waals surface area (Å²) < 4.78 is 38.0. The van der Waals surface area contributed by atoms with Crippen LogP contribution in [0.1, 0.15) is 29.5 Å². The average Bonchev–Trinajstić information content (AvgIpc) is 3.08. The zero-order valence-electron chi connectivity index (χ0n) is 27.9. The van der Waals surface area contributed by atoms with Crippen molar-refractivity contribution in [1.82, 2.24) is 14.9 Å². The number of carbonyl (C=O) groups excluding carboxylic acids is 1. The Bertz CT molecular complexity index is 1730. The summed E-state index contributed by atoms with van der Waals surface area (Å²) >= 11 is 0. The number of methoxy groups -OCH3 is 2. The van der Waals surface area contributed by atoms with Crippen LogP contribution in [0.25, 0.3) is 0 Å². The molecule has 1 atom stereocenters. The van der Waals surface area contributed by atoms with E-state index in [1.165, 1.54) is 17.2 Å². The lowest BCUT2D eigenvalue weighted by Crippen LogP contribution is -2.34. The highest BCUT2D eigenvalue weighted by Crippen LogP contribution is 2.31. The van der Waals surface area contributed by atoms with Gasteiger partial charge in [-0.3, -0.25) is 4.90 Å². The van der Waals surface area contributed by atoms with Crippen molar-refractivity contribution in [3.8, 4) is 23.0 Å². The fourth-order valence-electron chi connectivity index (χ4n) is 5.73. The molecule has 0 spiro atoms. The maximum Gasteiger partial charge on any atom is 0.421 e. The minimum absolute atomic E-state index is 0.0375. The topological polar surface area (TPSA) is 98.3 Å². The molecule has 3 aromatic carbocycles. The molecule has 2 heterocycles. The van der Waals surface area contributed by atoms with E-state index >= 15 is 4.39 Å². The first kappa shape index (κ1) is 34.2. The molecule has 252 valence electrons. The lowest BCUT2D eigenvalue weighted by molar-refractivity contribution is 0.147. The summed E-state index contributed by atoms with van der Waals surface area (Å²) in [6, 6.07) is 17.2. The number of aromatic nitrogens is 2. The summed E-state index contributed by atoms with van der Waals surface area (Å²) in [5.41, 5.74) is 2.71. The van der Waals surface area contributed by atoms with Gasteiger partial charge in [-0.25, -0.2) is 14.2 Å². The first-order chi connectivity index (χ1) is 23.3. The van der Waals surface area contributed by atoms with Crippen LogP contribution in [0.3, 0.4) is 0 Å². The van der Waals surface area contributed by atoms with Crippen LogP contribution in [-0.4, -0.2) is 61.9 Å². The van der Waals surface area contributed by atoms with Gasteiger partial charge in [-0.2, -0.15) is 4.98 Å². The van der Waals surface area contributed by atoms with Gasteiger partial charge >= 0.3 is 6.09 Å². The summed E-state index contributed by atoms with van der Waals surface area (Å²) in [5.74, 6) is 2.06. The van der Waals surface area contributed by atoms with Gasteiger partial charge in [0.2, 0.25) is 5.95 Å². The fourth-order valence-corrected chi connectivity index (χ4v) is 5.73. The minimum atomic E-state index is -0.666. The van der Waals surface area contributed by atoms with Gasteiger partial charge in [0.1, 0.15) is 23.1 Å². The second-order valence-corrected chi connectivity index (χ2v) is 11.8. The zero-order chi connectivity index (χ0) is 34.0. The molecular weight excluding hydrogens is 613 g/mol. The molecule has 1 fully saturated rings. The first-order valence-corrected chi connectivity index (χ1v) is 15.9. The molecule has 0 bridgehead atoms. The smallest absolute Gasteiger partial charge is 0.421 e. The number of hydrogen-bond acceptors (Lipinski definition) is 9. The van der Waals surface area contributed by atoms with Gasteiger partial charge in [0.15, 0.2) is 11.6 Å². The maximum atomic E-state index is 15.1. The molecule has 48 heavy (non-hydrogen) atoms. The number of halogens is 1. The molecule has 1 saturated heterocycles. The summed E-state index contributed by atoms with van der Waals surface area (Å²) in [6.07, 6.45) is 5.30. The third-order valence-corrected chi connectivity index (χ3v) is 8.19. The van der Waals surface area contributed by atoms with Crippen molar-refractivity contribution in [3.05, 3.63) is 102 Å². The van der Waals surface area contributed by atoms with Crippen LogP contribution < -0.4 is 29.2 Å². The van der Waals surface area contributed by atoms with Crippen LogP contribution in [0.5, 0.6) is 23.0 Å². The molecule has 10 nitrogen and oxygen atoms in total. The van der Waals surface area contributed by atoms with E-state index in [1.807, 2.05) is 25.1 Å². The highest BCUT2D eigenvalue weighted by molar-refractivity contribution is 5.88. The van der Waals surface area contributed by atoms with E-state index in [-0.39, 0.29) is 24.1 Å². The minimum Gasteiger partial charge on any atom is -0.497 e. The van der Waals surface area contributed by atoms with Crippen molar-refractivity contribution in [2.24, 2.45) is 5.92 Å². The van der Waals surface area contributed by atoms with E-state index in [0.29, 0.717) is 47.4 Å². The molecule has 1 aliphatic heterocycles. The van der Waals surface area contributed by atoms with Gasteiger partial charge in [-0.1, -0.05) is 24.3 Å². The monoisotopic (exact) mass is 655 g/mol. The summed E-state index contributed by atoms with van der Waals surface area (Å²) in [5, 5.41) is 3.05. The molecule has 11 heteroatoms. The average molecular weight is 656 g/mol. The van der Waals surface area contributed by atoms with Crippen molar-refractivity contribution in [1.29, 1.82) is 0 Å². The van der Waals surface area contributed by atoms with Crippen molar-refractivity contribution >= 4 is 23.5 Å². The highest BCUT2D eigenvalue weighted by atomic mass is 19.1. The standard InChI is InChI=1S/C37H42FN5O5/c1-6-9-27-12-7-10-25(2)35(27)48-37(44)43(23-28-20-30(45-4)14-16-32(28)46-5)34-17-18-39-36(41-34)40-29-13-15-33(31(38)21-29)47-24-26-11-8-19-42(3)22-26/h6-7,10,12-18,20-21,26H,1,8-9,11,19,22-24H2,2-5H3,(H,39,40,41). The van der Waals surface area contributed by atoms with Crippen LogP contribution in [0.15, 0.2) is 79.5 Å². The third kappa shape index (κ3) is 8.60. The van der Waals surface area contributed by atoms with Crippen molar-refractivity contribution in [2.45, 2.75) is 32.7 Å². The molecule has 1 amide bonds. The zero-order valence-corrected chi connectivity index (χ0v) is 27.9. The Morgan fingerprint density at radius 3 is 2.69 bits per heavy atom. The van der Waals surface area contributed by atoms with Gasteiger partial charge in [0.25, 0.3) is 0 Å². The third-order valence-electron chi connectivity index (χ3n) is 8.19. The number of ether oxygens (including phenoxy) is 4. The number of nitrogens with one attached hydrogen (secondary N) is 1. The number of rotatable bonds is 13. The number of likely N-dealkylation sites (tertiary alicyclic amines) is 1. The Morgan fingerprint density at radius 2 is 1.94 bits per heavy atom. The molecule has 4 aromatic rings. The number of hydrogen-bond donors (Lipinski definition) is 1. The number of allylic oxidation sites excluding steroid dienone is 1. The normalized spacial score (nSPS) is 14.6. The van der Waals surface area contributed by atoms with Gasteiger partial charge in [-0.05, 0) is 87.3 Å². The van der Waals surface area contributed by atoms with Gasteiger partial charge in [-0.15, -0.1) is 6.58 Å². The molecule has 1 N–H and O–H groups in total. The highest BCUT2D eigenvalue weighted by Gasteiger charge is 2.25. The van der Waals surface area contributed by atoms with E-state index in [0.717, 1.165) is 37.1 Å². The number of nitrogens with zero attached hydrogens (tertiary/aromatic N) is 4. The molecule has 0 saturated carbocycles. The van der Waals surface area contributed by atoms with Gasteiger partial charge in [0.05, 0.1) is 27.4 Å². The quantitative estimate of drug-likeness (QED) is 0.148. The summed E-state index contributed by atoms with van der Waals surface area (Å²) in [7, 11) is 5.21. The van der Waals surface area contributed by atoms with Crippen LogP contribution in [-0.2, 0) is 13.0 Å². The number of benzene rings is 3. The number of para-hydroxylation sites is 1. The Hall–Kier alpha value is -5.16. The fraction of sp³-hybridized carbons (Fsp3) is 0.324. The maximum absolute atomic E-state index is 15.1. The van der Waals surface area contributed by atoms with E-state index in [9.17, 15) is 4.79 Å². The predicted molar refractivity (Wildman–Crippen MR) is 184 cm³/mol. The number of anilines is 3. The van der Waals surface area contributed by atoms with Crippen LogP contribution >= 0.6 is 0 Å². The van der Waals surface area contributed by atoms with E-state index in [2.05, 4.69) is 33.8 Å². The number of aryl methyl sites for hydroxylation is 1. The Kier molecular flexibility index (Phi) is 11.5. The molecule has 1 aromatic heterocycles. The van der Waals surface area contributed by atoms with Gasteiger partial charge < -0.3 is 29.2 Å². The summed E-state index contributed by atoms with van der Waals surface area (Å²) in [6.45, 7) is 8.22. The van der Waals surface area contributed by atoms with E-state index < -0.39 is 11.9 Å². The molecule has 1 aliphatic rings. The molecule has 0 radical (unpaired) electrons. The predicted octanol–water partition coefficient (Wildman–Crippen LogP) is 7.34. The van der Waals surface area contributed by atoms with E-state index in [4.69, 9.17) is 18.9 Å². The van der Waals surface area contributed by atoms with Crippen LogP contribution in [0.4, 0.5) is 26.6 Å². The van der Waals surface area contributed by atoms with Crippen molar-refractivity contribution in [3.63, 3.8) is 0 Å². The Labute approximate surface area is 281 Å². The molecule has 1 unspecified atom stereocenters. The van der Waals surface area contributed by atoms with Crippen molar-refractivity contribution in [2.75, 3.05) is 51.2 Å². The first-order valence-electron chi connectivity index (χ1n) is 15.9. The summed E-state index contributed by atoms with van der Waals surface area (Å²) in [4.78, 5) is 26.6. The number of amides is 1. The molecule has 0 aliphatic carbocycles. The second-order valence-electron chi connectivity index (χ2n) is 11.8. The SMILES string of the molecule is C=CCc1cccc(C)c1OC(=O)N(Cc1cc(OC)ccc1OC)c1ccnc(Nc2ccc(OCC3CCCN(C)C3)c(F)c2)n1. The second kappa shape index (κ2) is 16.1. The Balaban J connectivity index is 1.40. The lowest BCUT2D eigenvalue weighted by atomic mass is 10.00. The van der Waals surface area contributed by atoms with E-state index in [1.54, 1.807) is 56.7 Å². The van der Waals surface area contributed by atoms with Gasteiger partial charge in [0, 0.05) is 36.0 Å². The number of piperidine rings is 1. The van der Waals surface area contributed by atoms with Crippen LogP contribution in [0, 0.1) is 18.7 Å². The number of carbonyl (C=O) groups is 1. The Morgan fingerprint density at radius 1 is 1.10 bits per heavy atom. The van der Waals surface area contributed by atoms with Crippen molar-refractivity contribution < 1.29 is 28.1 Å². The lowest BCUT2D eigenvalue weighted by Gasteiger charge is -2.29. The molecule has 5 rings (SSSR count).